The van der Waals surface area contributed by atoms with Crippen molar-refractivity contribution in [1.82, 2.24) is 0 Å². The van der Waals surface area contributed by atoms with Crippen LogP contribution in [0.4, 0.5) is 0 Å². The van der Waals surface area contributed by atoms with Gasteiger partial charge in [0.05, 0.1) is 0 Å². The van der Waals surface area contributed by atoms with E-state index in [-0.39, 0.29) is 11.5 Å². The molecule has 1 aliphatic carbocycles. The van der Waals surface area contributed by atoms with Crippen LogP contribution in [-0.4, -0.2) is 6.04 Å². The number of allylic oxidation sites excluding steroid dienone is 2. The molecule has 0 aliphatic heterocycles. The zero-order valence-electron chi connectivity index (χ0n) is 6.26. The summed E-state index contributed by atoms with van der Waals surface area (Å²) in [6.45, 7) is 4.15. The van der Waals surface area contributed by atoms with E-state index in [0.29, 0.717) is 0 Å². The van der Waals surface area contributed by atoms with Crippen molar-refractivity contribution in [2.75, 3.05) is 0 Å². The fourth-order valence-corrected chi connectivity index (χ4v) is 1.30. The van der Waals surface area contributed by atoms with Crippen LogP contribution in [0.1, 0.15) is 13.8 Å². The second kappa shape index (κ2) is 2.40. The molecule has 0 saturated carbocycles. The minimum absolute atomic E-state index is 0.00579. The molecular weight excluding hydrogens is 146 g/mol. The summed E-state index contributed by atoms with van der Waals surface area (Å²) in [6.07, 6.45) is 5.76. The number of nitrogens with two attached hydrogens (primary N) is 1. The molecule has 0 aromatic carbocycles. The van der Waals surface area contributed by atoms with Crippen LogP contribution in [0.2, 0.25) is 0 Å². The van der Waals surface area contributed by atoms with E-state index in [0.717, 1.165) is 5.03 Å². The Morgan fingerprint density at radius 1 is 1.60 bits per heavy atom. The standard InChI is InChI=1S/C8H12ClN/c1-8(2)5-6(9)3-4-7(8)10/h3-5,7H,10H2,1-2H3. The van der Waals surface area contributed by atoms with Crippen LogP contribution in [0.25, 0.3) is 0 Å². The molecule has 0 aromatic rings. The van der Waals surface area contributed by atoms with Gasteiger partial charge in [-0.3, -0.25) is 0 Å². The van der Waals surface area contributed by atoms with Crippen molar-refractivity contribution in [1.29, 1.82) is 0 Å². The third-order valence-corrected chi connectivity index (χ3v) is 2.07. The van der Waals surface area contributed by atoms with E-state index in [2.05, 4.69) is 13.8 Å². The highest BCUT2D eigenvalue weighted by Gasteiger charge is 2.24. The van der Waals surface area contributed by atoms with Crippen LogP contribution in [0.5, 0.6) is 0 Å². The van der Waals surface area contributed by atoms with Crippen molar-refractivity contribution in [3.63, 3.8) is 0 Å². The molecule has 1 rings (SSSR count). The Kier molecular flexibility index (Phi) is 1.88. The monoisotopic (exact) mass is 157 g/mol. The highest BCUT2D eigenvalue weighted by atomic mass is 35.5. The third kappa shape index (κ3) is 1.41. The van der Waals surface area contributed by atoms with E-state index in [1.165, 1.54) is 0 Å². The van der Waals surface area contributed by atoms with Gasteiger partial charge in [-0.05, 0) is 6.08 Å². The molecule has 1 nitrogen and oxygen atoms in total. The second-order valence-electron chi connectivity index (χ2n) is 3.24. The first-order valence-electron chi connectivity index (χ1n) is 3.34. The number of rotatable bonds is 0. The zero-order valence-corrected chi connectivity index (χ0v) is 7.02. The summed E-state index contributed by atoms with van der Waals surface area (Å²) in [6, 6.07) is 0.0926. The molecule has 56 valence electrons. The molecule has 0 amide bonds. The van der Waals surface area contributed by atoms with Gasteiger partial charge in [0, 0.05) is 16.5 Å². The first-order valence-corrected chi connectivity index (χ1v) is 3.72. The van der Waals surface area contributed by atoms with Gasteiger partial charge in [0.25, 0.3) is 0 Å². The predicted molar refractivity (Wildman–Crippen MR) is 44.8 cm³/mol. The van der Waals surface area contributed by atoms with Crippen molar-refractivity contribution in [2.45, 2.75) is 19.9 Å². The molecule has 0 bridgehead atoms. The van der Waals surface area contributed by atoms with Crippen LogP contribution in [0.3, 0.4) is 0 Å². The maximum atomic E-state index is 5.79. The molecule has 1 aliphatic rings. The van der Waals surface area contributed by atoms with E-state index < -0.39 is 0 Å². The van der Waals surface area contributed by atoms with E-state index in [1.54, 1.807) is 0 Å². The molecule has 2 N–H and O–H groups in total. The quantitative estimate of drug-likeness (QED) is 0.572. The lowest BCUT2D eigenvalue weighted by atomic mass is 9.82. The Bertz CT molecular complexity index is 191. The minimum atomic E-state index is 0.00579. The van der Waals surface area contributed by atoms with Gasteiger partial charge in [-0.2, -0.15) is 0 Å². The van der Waals surface area contributed by atoms with Gasteiger partial charge in [-0.15, -0.1) is 0 Å². The Hall–Kier alpha value is -0.270. The van der Waals surface area contributed by atoms with Crippen molar-refractivity contribution in [3.8, 4) is 0 Å². The van der Waals surface area contributed by atoms with Gasteiger partial charge in [-0.25, -0.2) is 0 Å². The lowest BCUT2D eigenvalue weighted by molar-refractivity contribution is 0.419. The summed E-state index contributed by atoms with van der Waals surface area (Å²) in [7, 11) is 0. The van der Waals surface area contributed by atoms with E-state index in [1.807, 2.05) is 18.2 Å². The Morgan fingerprint density at radius 3 is 2.60 bits per heavy atom. The molecule has 1 unspecified atom stereocenters. The fraction of sp³-hybridized carbons (Fsp3) is 0.500. The van der Waals surface area contributed by atoms with Gasteiger partial charge >= 0.3 is 0 Å². The number of hydrogen-bond acceptors (Lipinski definition) is 1. The summed E-state index contributed by atoms with van der Waals surface area (Å²) in [4.78, 5) is 0. The summed E-state index contributed by atoms with van der Waals surface area (Å²) in [5.74, 6) is 0. The molecule has 0 aromatic heterocycles. The fourth-order valence-electron chi connectivity index (χ4n) is 0.943. The largest absolute Gasteiger partial charge is 0.324 e. The highest BCUT2D eigenvalue weighted by Crippen LogP contribution is 2.29. The predicted octanol–water partition coefficient (Wildman–Crippen LogP) is 2.03. The highest BCUT2D eigenvalue weighted by molar-refractivity contribution is 6.31. The second-order valence-corrected chi connectivity index (χ2v) is 3.67. The molecular formula is C8H12ClN. The lowest BCUT2D eigenvalue weighted by Crippen LogP contribution is -2.35. The Balaban J connectivity index is 2.88. The van der Waals surface area contributed by atoms with Crippen molar-refractivity contribution < 1.29 is 0 Å². The Morgan fingerprint density at radius 2 is 2.20 bits per heavy atom. The smallest absolute Gasteiger partial charge is 0.0369 e. The lowest BCUT2D eigenvalue weighted by Gasteiger charge is -2.28. The van der Waals surface area contributed by atoms with Crippen LogP contribution < -0.4 is 5.73 Å². The molecule has 0 saturated heterocycles. The number of halogens is 1. The molecule has 0 spiro atoms. The van der Waals surface area contributed by atoms with Crippen molar-refractivity contribution >= 4 is 11.6 Å². The maximum absolute atomic E-state index is 5.79. The molecule has 0 radical (unpaired) electrons. The molecule has 0 fully saturated rings. The van der Waals surface area contributed by atoms with Gasteiger partial charge in [0.2, 0.25) is 0 Å². The average molecular weight is 158 g/mol. The van der Waals surface area contributed by atoms with Crippen molar-refractivity contribution in [2.24, 2.45) is 11.1 Å². The van der Waals surface area contributed by atoms with Gasteiger partial charge in [0.15, 0.2) is 0 Å². The van der Waals surface area contributed by atoms with Gasteiger partial charge in [-0.1, -0.05) is 37.6 Å². The number of hydrogen-bond donors (Lipinski definition) is 1. The molecule has 1 atom stereocenters. The van der Waals surface area contributed by atoms with E-state index in [4.69, 9.17) is 17.3 Å². The minimum Gasteiger partial charge on any atom is -0.324 e. The van der Waals surface area contributed by atoms with Gasteiger partial charge < -0.3 is 5.73 Å². The van der Waals surface area contributed by atoms with Crippen LogP contribution in [0, 0.1) is 5.41 Å². The first-order chi connectivity index (χ1) is 4.52. The molecule has 2 heteroatoms. The van der Waals surface area contributed by atoms with Crippen LogP contribution >= 0.6 is 11.6 Å². The van der Waals surface area contributed by atoms with Crippen molar-refractivity contribution in [3.05, 3.63) is 23.3 Å². The normalized spacial score (nSPS) is 30.0. The first kappa shape index (κ1) is 7.83. The summed E-state index contributed by atoms with van der Waals surface area (Å²) in [5.41, 5.74) is 5.79. The van der Waals surface area contributed by atoms with Crippen LogP contribution in [0.15, 0.2) is 23.3 Å². The Labute approximate surface area is 66.6 Å². The molecule has 10 heavy (non-hydrogen) atoms. The average Bonchev–Trinajstić information content (AvgIpc) is 1.78. The van der Waals surface area contributed by atoms with E-state index >= 15 is 0 Å². The summed E-state index contributed by atoms with van der Waals surface area (Å²) < 4.78 is 0. The molecule has 0 heterocycles. The van der Waals surface area contributed by atoms with Crippen LogP contribution in [-0.2, 0) is 0 Å². The summed E-state index contributed by atoms with van der Waals surface area (Å²) >= 11 is 5.79. The topological polar surface area (TPSA) is 26.0 Å². The zero-order chi connectivity index (χ0) is 7.78. The van der Waals surface area contributed by atoms with Gasteiger partial charge in [0.1, 0.15) is 0 Å². The SMILES string of the molecule is CC1(C)C=C(Cl)C=CC1N. The third-order valence-electron chi connectivity index (χ3n) is 1.83. The van der Waals surface area contributed by atoms with E-state index in [9.17, 15) is 0 Å². The maximum Gasteiger partial charge on any atom is 0.0369 e. The summed E-state index contributed by atoms with van der Waals surface area (Å²) in [5, 5.41) is 0.784.